The van der Waals surface area contributed by atoms with E-state index in [9.17, 15) is 14.3 Å². The molecule has 0 aliphatic rings. The summed E-state index contributed by atoms with van der Waals surface area (Å²) in [6, 6.07) is 0. The van der Waals surface area contributed by atoms with Crippen LogP contribution in [0.1, 0.15) is 206 Å². The highest BCUT2D eigenvalue weighted by atomic mass is 31.2. The fraction of sp³-hybridized carbons (Fsp3) is 0.809. The third kappa shape index (κ3) is 43.6. The highest BCUT2D eigenvalue weighted by Crippen LogP contribution is 2.43. The number of carbonyl (C=O) groups excluding carboxylic acids is 1. The molecule has 3 N–H and O–H groups in total. The van der Waals surface area contributed by atoms with Crippen LogP contribution in [0.25, 0.3) is 0 Å². The Bertz CT molecular complexity index is 999. The molecular weight excluding hydrogens is 721 g/mol. The lowest BCUT2D eigenvalue weighted by molar-refractivity contribution is -0.154. The first-order valence-corrected chi connectivity index (χ1v) is 24.6. The molecule has 0 rings (SSSR count). The molecule has 0 aromatic rings. The molecule has 0 aromatic carbocycles. The number of carbonyl (C=O) groups is 1. The Kier molecular flexibility index (Phi) is 43.3. The minimum atomic E-state index is -4.28. The summed E-state index contributed by atoms with van der Waals surface area (Å²) in [5.74, 6) is -0.339. The second-order valence-electron chi connectivity index (χ2n) is 15.3. The van der Waals surface area contributed by atoms with Crippen LogP contribution < -0.4 is 5.73 Å². The number of phosphoric ester groups is 1. The molecule has 8 nitrogen and oxygen atoms in total. The van der Waals surface area contributed by atoms with Crippen molar-refractivity contribution in [1.29, 1.82) is 0 Å². The second-order valence-corrected chi connectivity index (χ2v) is 16.7. The molecule has 0 aliphatic carbocycles. The van der Waals surface area contributed by atoms with Crippen molar-refractivity contribution in [2.75, 3.05) is 33.0 Å². The molecule has 0 saturated carbocycles. The van der Waals surface area contributed by atoms with Crippen LogP contribution in [-0.4, -0.2) is 49.9 Å². The van der Waals surface area contributed by atoms with Gasteiger partial charge in [0.05, 0.1) is 19.8 Å². The summed E-state index contributed by atoms with van der Waals surface area (Å²) in [6.45, 7) is 4.87. The molecule has 0 spiro atoms. The number of nitrogens with two attached hydrogens (primary N) is 1. The van der Waals surface area contributed by atoms with Gasteiger partial charge in [0, 0.05) is 19.6 Å². The fourth-order valence-corrected chi connectivity index (χ4v) is 7.06. The van der Waals surface area contributed by atoms with Gasteiger partial charge in [0.2, 0.25) is 0 Å². The van der Waals surface area contributed by atoms with Crippen LogP contribution in [0.5, 0.6) is 0 Å². The van der Waals surface area contributed by atoms with Crippen molar-refractivity contribution in [3.63, 3.8) is 0 Å². The summed E-state index contributed by atoms with van der Waals surface area (Å²) >= 11 is 0. The monoisotopic (exact) mass is 810 g/mol. The van der Waals surface area contributed by atoms with E-state index in [1.807, 2.05) is 0 Å². The van der Waals surface area contributed by atoms with E-state index in [2.05, 4.69) is 62.5 Å². The van der Waals surface area contributed by atoms with E-state index in [0.717, 1.165) is 51.4 Å². The molecule has 2 atom stereocenters. The van der Waals surface area contributed by atoms with Crippen LogP contribution in [0.2, 0.25) is 0 Å². The third-order valence-corrected chi connectivity index (χ3v) is 10.7. The maximum Gasteiger partial charge on any atom is 0.472 e. The number of hydrogen-bond donors (Lipinski definition) is 2. The van der Waals surface area contributed by atoms with Crippen molar-refractivity contribution < 1.29 is 32.8 Å². The molecule has 328 valence electrons. The number of ether oxygens (including phenoxy) is 2. The molecule has 0 radical (unpaired) electrons. The zero-order valence-corrected chi connectivity index (χ0v) is 37.3. The second kappa shape index (κ2) is 44.6. The molecule has 9 heteroatoms. The predicted octanol–water partition coefficient (Wildman–Crippen LogP) is 14.0. The molecular formula is C47H88NO7P. The summed E-state index contributed by atoms with van der Waals surface area (Å²) in [6.07, 6.45) is 52.7. The van der Waals surface area contributed by atoms with E-state index in [4.69, 9.17) is 24.3 Å². The standard InChI is InChI=1S/C47H88NO7P/c1-3-5-7-9-11-13-15-17-19-21-22-23-25-27-29-31-33-35-37-39-42-52-44-46(45-54-56(50,51)53-43-41-48)55-47(49)40-38-36-34-32-30-28-26-24-20-18-16-14-12-10-8-6-4-2/h11-14,17-20,46H,3-10,15-16,21-45,48H2,1-2H3,(H,50,51)/b13-11-,14-12-,19-17-,20-18-. The zero-order chi connectivity index (χ0) is 40.9. The number of unbranched alkanes of at least 4 members (excludes halogenated alkanes) is 23. The molecule has 0 bridgehead atoms. The average Bonchev–Trinajstić information content (AvgIpc) is 3.19. The highest BCUT2D eigenvalue weighted by molar-refractivity contribution is 7.47. The summed E-state index contributed by atoms with van der Waals surface area (Å²) in [7, 11) is -4.28. The topological polar surface area (TPSA) is 117 Å². The maximum absolute atomic E-state index is 12.6. The van der Waals surface area contributed by atoms with Gasteiger partial charge in [-0.2, -0.15) is 0 Å². The van der Waals surface area contributed by atoms with Gasteiger partial charge in [-0.25, -0.2) is 4.57 Å². The Balaban J connectivity index is 4.01. The molecule has 0 heterocycles. The lowest BCUT2D eigenvalue weighted by Crippen LogP contribution is -2.28. The van der Waals surface area contributed by atoms with E-state index in [0.29, 0.717) is 13.0 Å². The Morgan fingerprint density at radius 1 is 0.536 bits per heavy atom. The van der Waals surface area contributed by atoms with Crippen molar-refractivity contribution >= 4 is 13.8 Å². The van der Waals surface area contributed by atoms with E-state index in [1.165, 1.54) is 135 Å². The van der Waals surface area contributed by atoms with Gasteiger partial charge in [-0.3, -0.25) is 13.8 Å². The molecule has 0 aromatic heterocycles. The lowest BCUT2D eigenvalue weighted by Gasteiger charge is -2.20. The van der Waals surface area contributed by atoms with Crippen molar-refractivity contribution in [2.24, 2.45) is 5.73 Å². The number of esters is 1. The van der Waals surface area contributed by atoms with E-state index < -0.39 is 13.9 Å². The summed E-state index contributed by atoms with van der Waals surface area (Å²) in [5.41, 5.74) is 5.38. The third-order valence-electron chi connectivity index (χ3n) is 9.72. The van der Waals surface area contributed by atoms with Gasteiger partial charge in [-0.1, -0.05) is 172 Å². The molecule has 2 unspecified atom stereocenters. The molecule has 0 aliphatic heterocycles. The Morgan fingerprint density at radius 2 is 0.946 bits per heavy atom. The van der Waals surface area contributed by atoms with Crippen LogP contribution in [-0.2, 0) is 27.9 Å². The Morgan fingerprint density at radius 3 is 1.39 bits per heavy atom. The van der Waals surface area contributed by atoms with Gasteiger partial charge in [-0.15, -0.1) is 0 Å². The van der Waals surface area contributed by atoms with Crippen molar-refractivity contribution in [2.45, 2.75) is 213 Å². The molecule has 0 saturated heterocycles. The maximum atomic E-state index is 12.6. The van der Waals surface area contributed by atoms with Crippen LogP contribution >= 0.6 is 7.82 Å². The van der Waals surface area contributed by atoms with Gasteiger partial charge in [-0.05, 0) is 77.0 Å². The van der Waals surface area contributed by atoms with Gasteiger partial charge in [0.15, 0.2) is 0 Å². The summed E-state index contributed by atoms with van der Waals surface area (Å²) in [5, 5.41) is 0. The number of rotatable bonds is 44. The van der Waals surface area contributed by atoms with Gasteiger partial charge in [0.1, 0.15) is 6.10 Å². The predicted molar refractivity (Wildman–Crippen MR) is 238 cm³/mol. The van der Waals surface area contributed by atoms with Gasteiger partial charge in [0.25, 0.3) is 0 Å². The molecule has 56 heavy (non-hydrogen) atoms. The normalized spacial score (nSPS) is 13.9. The number of hydrogen-bond acceptors (Lipinski definition) is 7. The number of allylic oxidation sites excluding steroid dienone is 8. The van der Waals surface area contributed by atoms with Gasteiger partial charge < -0.3 is 20.1 Å². The quantitative estimate of drug-likeness (QED) is 0.0270. The zero-order valence-electron chi connectivity index (χ0n) is 36.4. The minimum Gasteiger partial charge on any atom is -0.457 e. The van der Waals surface area contributed by atoms with E-state index in [1.54, 1.807) is 0 Å². The first kappa shape index (κ1) is 54.5. The van der Waals surface area contributed by atoms with Gasteiger partial charge >= 0.3 is 13.8 Å². The largest absolute Gasteiger partial charge is 0.472 e. The SMILES string of the molecule is CCCCC/C=C\C/C=C\CCCCCCCCCCCCOCC(COP(=O)(O)OCCN)OC(=O)CCCCCCCCC/C=C\C/C=C\CCCCC. The van der Waals surface area contributed by atoms with Crippen molar-refractivity contribution in [3.8, 4) is 0 Å². The lowest BCUT2D eigenvalue weighted by atomic mass is 10.1. The average molecular weight is 810 g/mol. The first-order chi connectivity index (χ1) is 27.4. The van der Waals surface area contributed by atoms with E-state index >= 15 is 0 Å². The van der Waals surface area contributed by atoms with Crippen LogP contribution in [0.4, 0.5) is 0 Å². The smallest absolute Gasteiger partial charge is 0.457 e. The van der Waals surface area contributed by atoms with Crippen LogP contribution in [0.3, 0.4) is 0 Å². The first-order valence-electron chi connectivity index (χ1n) is 23.1. The van der Waals surface area contributed by atoms with Crippen LogP contribution in [0, 0.1) is 0 Å². The minimum absolute atomic E-state index is 0.0973. The number of phosphoric acid groups is 1. The Hall–Kier alpha value is -1.54. The molecule has 0 amide bonds. The van der Waals surface area contributed by atoms with Crippen molar-refractivity contribution in [3.05, 3.63) is 48.6 Å². The van der Waals surface area contributed by atoms with E-state index in [-0.39, 0.29) is 32.3 Å². The Labute approximate surface area is 345 Å². The summed E-state index contributed by atoms with van der Waals surface area (Å²) in [4.78, 5) is 22.5. The van der Waals surface area contributed by atoms with Crippen LogP contribution in [0.15, 0.2) is 48.6 Å². The summed E-state index contributed by atoms with van der Waals surface area (Å²) < 4.78 is 33.5. The van der Waals surface area contributed by atoms with Crippen molar-refractivity contribution in [1.82, 2.24) is 0 Å². The highest BCUT2D eigenvalue weighted by Gasteiger charge is 2.25. The molecule has 0 fully saturated rings. The fourth-order valence-electron chi connectivity index (χ4n) is 6.29.